The second-order valence-corrected chi connectivity index (χ2v) is 10.9. The lowest BCUT2D eigenvalue weighted by atomic mass is 10.0. The van der Waals surface area contributed by atoms with Gasteiger partial charge in [-0.25, -0.2) is 8.42 Å². The van der Waals surface area contributed by atoms with Crippen molar-refractivity contribution in [3.63, 3.8) is 0 Å². The summed E-state index contributed by atoms with van der Waals surface area (Å²) in [6.45, 7) is 6.57. The Labute approximate surface area is 199 Å². The van der Waals surface area contributed by atoms with Crippen LogP contribution in [0.1, 0.15) is 44.7 Å². The lowest BCUT2D eigenvalue weighted by molar-refractivity contribution is 0.164. The molecule has 1 aliphatic heterocycles. The fraction of sp³-hybridized carbons (Fsp3) is 0.667. The van der Waals surface area contributed by atoms with E-state index in [0.717, 1.165) is 18.8 Å². The highest BCUT2D eigenvalue weighted by Gasteiger charge is 2.30. The molecule has 9 heteroatoms. The minimum absolute atomic E-state index is 0. The van der Waals surface area contributed by atoms with E-state index >= 15 is 0 Å². The van der Waals surface area contributed by atoms with Crippen LogP contribution in [0.15, 0.2) is 29.3 Å². The molecule has 0 amide bonds. The van der Waals surface area contributed by atoms with Crippen LogP contribution in [-0.4, -0.2) is 70.6 Å². The van der Waals surface area contributed by atoms with Crippen LogP contribution >= 0.6 is 24.0 Å². The summed E-state index contributed by atoms with van der Waals surface area (Å²) in [5, 5.41) is 6.55. The van der Waals surface area contributed by atoms with E-state index in [0.29, 0.717) is 19.0 Å². The number of methoxy groups -OCH3 is 1. The van der Waals surface area contributed by atoms with Gasteiger partial charge >= 0.3 is 0 Å². The fourth-order valence-electron chi connectivity index (χ4n) is 3.36. The molecule has 0 spiro atoms. The summed E-state index contributed by atoms with van der Waals surface area (Å²) >= 11 is 0. The zero-order valence-electron chi connectivity index (χ0n) is 18.8. The van der Waals surface area contributed by atoms with Gasteiger partial charge in [0, 0.05) is 26.4 Å². The number of hydrogen-bond acceptors (Lipinski definition) is 5. The highest BCUT2D eigenvalue weighted by molar-refractivity contribution is 14.0. The SMILES string of the molecule is CN=C(NCC(c1ccc(OC)cc1)N1CCCCC1)NCC(C)(C)S(C)(=O)=O.I. The molecule has 0 aromatic heterocycles. The second kappa shape index (κ2) is 12.1. The van der Waals surface area contributed by atoms with E-state index in [1.165, 1.54) is 31.1 Å². The van der Waals surface area contributed by atoms with Gasteiger partial charge in [0.05, 0.1) is 17.9 Å². The third-order valence-electron chi connectivity index (χ3n) is 5.70. The zero-order valence-corrected chi connectivity index (χ0v) is 21.9. The Morgan fingerprint density at radius 3 is 2.27 bits per heavy atom. The minimum Gasteiger partial charge on any atom is -0.497 e. The van der Waals surface area contributed by atoms with E-state index in [4.69, 9.17) is 4.74 Å². The molecule has 30 heavy (non-hydrogen) atoms. The molecule has 1 aromatic carbocycles. The van der Waals surface area contributed by atoms with Crippen LogP contribution < -0.4 is 15.4 Å². The van der Waals surface area contributed by atoms with Gasteiger partial charge in [0.15, 0.2) is 15.8 Å². The first-order valence-corrected chi connectivity index (χ1v) is 12.1. The first-order valence-electron chi connectivity index (χ1n) is 10.2. The summed E-state index contributed by atoms with van der Waals surface area (Å²) in [5.41, 5.74) is 1.23. The molecular formula is C21H37IN4O3S. The van der Waals surface area contributed by atoms with Crippen molar-refractivity contribution in [2.24, 2.45) is 4.99 Å². The molecule has 0 aliphatic carbocycles. The maximum absolute atomic E-state index is 11.9. The average Bonchev–Trinajstić information content (AvgIpc) is 2.70. The fourth-order valence-corrected chi connectivity index (χ4v) is 3.69. The number of nitrogens with one attached hydrogen (secondary N) is 2. The van der Waals surface area contributed by atoms with Crippen LogP contribution in [0.5, 0.6) is 5.75 Å². The Kier molecular flexibility index (Phi) is 10.9. The molecule has 2 N–H and O–H groups in total. The Morgan fingerprint density at radius 1 is 1.17 bits per heavy atom. The van der Waals surface area contributed by atoms with Crippen LogP contribution in [0.3, 0.4) is 0 Å². The smallest absolute Gasteiger partial charge is 0.191 e. The van der Waals surface area contributed by atoms with Crippen LogP contribution in [0.4, 0.5) is 0 Å². The Hall–Kier alpha value is -1.07. The molecule has 2 rings (SSSR count). The summed E-state index contributed by atoms with van der Waals surface area (Å²) in [7, 11) is 0.204. The van der Waals surface area contributed by atoms with Gasteiger partial charge in [-0.15, -0.1) is 24.0 Å². The van der Waals surface area contributed by atoms with Gasteiger partial charge in [-0.3, -0.25) is 9.89 Å². The third kappa shape index (κ3) is 7.56. The molecule has 1 fully saturated rings. The third-order valence-corrected chi connectivity index (χ3v) is 7.86. The van der Waals surface area contributed by atoms with E-state index in [9.17, 15) is 8.42 Å². The molecule has 0 saturated carbocycles. The van der Waals surface area contributed by atoms with E-state index in [2.05, 4.69) is 32.7 Å². The summed E-state index contributed by atoms with van der Waals surface area (Å²) < 4.78 is 28.3. The molecule has 1 saturated heterocycles. The Morgan fingerprint density at radius 2 is 1.77 bits per heavy atom. The molecule has 7 nitrogen and oxygen atoms in total. The average molecular weight is 553 g/mol. The van der Waals surface area contributed by atoms with Gasteiger partial charge in [-0.2, -0.15) is 0 Å². The van der Waals surface area contributed by atoms with Crippen molar-refractivity contribution in [1.82, 2.24) is 15.5 Å². The van der Waals surface area contributed by atoms with E-state index < -0.39 is 14.6 Å². The molecule has 0 radical (unpaired) electrons. The van der Waals surface area contributed by atoms with E-state index in [1.807, 2.05) is 12.1 Å². The summed E-state index contributed by atoms with van der Waals surface area (Å²) in [6, 6.07) is 8.43. The molecule has 1 heterocycles. The van der Waals surface area contributed by atoms with E-state index in [1.54, 1.807) is 28.0 Å². The highest BCUT2D eigenvalue weighted by Crippen LogP contribution is 2.26. The number of rotatable bonds is 8. The van der Waals surface area contributed by atoms with Gasteiger partial charge in [0.1, 0.15) is 5.75 Å². The topological polar surface area (TPSA) is 83.0 Å². The van der Waals surface area contributed by atoms with Gasteiger partial charge < -0.3 is 15.4 Å². The van der Waals surface area contributed by atoms with Gasteiger partial charge in [0.25, 0.3) is 0 Å². The highest BCUT2D eigenvalue weighted by atomic mass is 127. The normalized spacial score (nSPS) is 17.0. The number of benzene rings is 1. The molecule has 1 aromatic rings. The second-order valence-electron chi connectivity index (χ2n) is 8.22. The van der Waals surface area contributed by atoms with Crippen molar-refractivity contribution in [3.8, 4) is 5.75 Å². The van der Waals surface area contributed by atoms with Gasteiger partial charge in [-0.05, 0) is 57.5 Å². The molecule has 1 unspecified atom stereocenters. The zero-order chi connectivity index (χ0) is 21.5. The van der Waals surface area contributed by atoms with Crippen molar-refractivity contribution in [2.75, 3.05) is 46.6 Å². The first kappa shape index (κ1) is 27.0. The maximum Gasteiger partial charge on any atom is 0.191 e. The molecular weight excluding hydrogens is 515 g/mol. The number of nitrogens with zero attached hydrogens (tertiary/aromatic N) is 2. The maximum atomic E-state index is 11.9. The van der Waals surface area contributed by atoms with Crippen LogP contribution in [-0.2, 0) is 9.84 Å². The molecule has 0 bridgehead atoms. The molecule has 172 valence electrons. The summed E-state index contributed by atoms with van der Waals surface area (Å²) in [6.07, 6.45) is 4.97. The number of hydrogen-bond donors (Lipinski definition) is 2. The van der Waals surface area contributed by atoms with Crippen molar-refractivity contribution < 1.29 is 13.2 Å². The number of piperidine rings is 1. The largest absolute Gasteiger partial charge is 0.497 e. The lowest BCUT2D eigenvalue weighted by Crippen LogP contribution is -2.49. The Bertz CT molecular complexity index is 776. The first-order chi connectivity index (χ1) is 13.7. The number of aliphatic imine (C=N–C) groups is 1. The summed E-state index contributed by atoms with van der Waals surface area (Å²) in [4.78, 5) is 6.78. The Balaban J connectivity index is 0.00000450. The number of ether oxygens (including phenoxy) is 1. The predicted octanol–water partition coefficient (Wildman–Crippen LogP) is 2.83. The molecule has 1 aliphatic rings. The van der Waals surface area contributed by atoms with Crippen molar-refractivity contribution in [2.45, 2.75) is 43.9 Å². The van der Waals surface area contributed by atoms with Gasteiger partial charge in [-0.1, -0.05) is 18.6 Å². The standard InChI is InChI=1S/C21H36N4O3S.HI/c1-21(2,29(5,26)27)16-24-20(22-3)23-15-19(25-13-7-6-8-14-25)17-9-11-18(28-4)12-10-17;/h9-12,19H,6-8,13-16H2,1-5H3,(H2,22,23,24);1H. The number of guanidine groups is 1. The minimum atomic E-state index is -3.17. The lowest BCUT2D eigenvalue weighted by Gasteiger charge is -2.35. The summed E-state index contributed by atoms with van der Waals surface area (Å²) in [5.74, 6) is 1.46. The van der Waals surface area contributed by atoms with Crippen molar-refractivity contribution >= 4 is 39.8 Å². The van der Waals surface area contributed by atoms with Crippen molar-refractivity contribution in [3.05, 3.63) is 29.8 Å². The van der Waals surface area contributed by atoms with E-state index in [-0.39, 0.29) is 30.0 Å². The molecule has 1 atom stereocenters. The number of sulfone groups is 1. The monoisotopic (exact) mass is 552 g/mol. The predicted molar refractivity (Wildman–Crippen MR) is 135 cm³/mol. The van der Waals surface area contributed by atoms with Crippen molar-refractivity contribution in [1.29, 1.82) is 0 Å². The number of halogens is 1. The van der Waals surface area contributed by atoms with Gasteiger partial charge in [0.2, 0.25) is 0 Å². The van der Waals surface area contributed by atoms with Crippen LogP contribution in [0, 0.1) is 0 Å². The quantitative estimate of drug-likeness (QED) is 0.293. The van der Waals surface area contributed by atoms with Crippen LogP contribution in [0.25, 0.3) is 0 Å². The van der Waals surface area contributed by atoms with Crippen LogP contribution in [0.2, 0.25) is 0 Å². The number of likely N-dealkylation sites (tertiary alicyclic amines) is 1.